The molecule has 0 atom stereocenters. The highest BCUT2D eigenvalue weighted by molar-refractivity contribution is 5.85. The van der Waals surface area contributed by atoms with Gasteiger partial charge in [0.25, 0.3) is 0 Å². The van der Waals surface area contributed by atoms with Gasteiger partial charge in [0.1, 0.15) is 0 Å². The molecule has 0 aliphatic carbocycles. The quantitative estimate of drug-likeness (QED) is 0.826. The smallest absolute Gasteiger partial charge is 0.242 e. The van der Waals surface area contributed by atoms with Crippen LogP contribution in [0.5, 0.6) is 0 Å². The number of carbonyl (C=O) groups excluding carboxylic acids is 1. The van der Waals surface area contributed by atoms with Gasteiger partial charge in [0.05, 0.1) is 18.1 Å². The van der Waals surface area contributed by atoms with E-state index in [1.165, 1.54) is 0 Å². The molecule has 1 heterocycles. The van der Waals surface area contributed by atoms with Gasteiger partial charge in [-0.05, 0) is 26.5 Å². The minimum atomic E-state index is -0.521. The number of furan rings is 1. The fraction of sp³-hybridized carbons (Fsp3) is 0.583. The second-order valence-corrected chi connectivity index (χ2v) is 4.45. The molecule has 1 aromatic heterocycles. The SMILES string of the molecule is CCNC(C)(C)C(=O)N(C)Cc1ccoc1. The minimum Gasteiger partial charge on any atom is -0.472 e. The summed E-state index contributed by atoms with van der Waals surface area (Å²) in [6.07, 6.45) is 3.27. The van der Waals surface area contributed by atoms with Gasteiger partial charge in [-0.2, -0.15) is 0 Å². The van der Waals surface area contributed by atoms with Crippen LogP contribution in [0, 0.1) is 0 Å². The summed E-state index contributed by atoms with van der Waals surface area (Å²) in [5, 5.41) is 3.17. The summed E-state index contributed by atoms with van der Waals surface area (Å²) in [5.41, 5.74) is 0.482. The van der Waals surface area contributed by atoms with Crippen molar-refractivity contribution in [2.45, 2.75) is 32.9 Å². The van der Waals surface area contributed by atoms with Crippen molar-refractivity contribution in [2.75, 3.05) is 13.6 Å². The molecule has 90 valence electrons. The molecule has 0 saturated carbocycles. The van der Waals surface area contributed by atoms with Crippen molar-refractivity contribution in [3.05, 3.63) is 24.2 Å². The fourth-order valence-corrected chi connectivity index (χ4v) is 1.72. The maximum absolute atomic E-state index is 12.1. The highest BCUT2D eigenvalue weighted by atomic mass is 16.3. The van der Waals surface area contributed by atoms with Gasteiger partial charge in [-0.3, -0.25) is 4.79 Å². The molecule has 16 heavy (non-hydrogen) atoms. The Bertz CT molecular complexity index is 331. The number of nitrogens with zero attached hydrogens (tertiary/aromatic N) is 1. The van der Waals surface area contributed by atoms with Crippen LogP contribution in [0.3, 0.4) is 0 Å². The summed E-state index contributed by atoms with van der Waals surface area (Å²) in [6, 6.07) is 1.87. The molecule has 0 aliphatic heterocycles. The number of amides is 1. The molecule has 0 spiro atoms. The number of hydrogen-bond acceptors (Lipinski definition) is 3. The lowest BCUT2D eigenvalue weighted by atomic mass is 10.0. The maximum atomic E-state index is 12.1. The molecule has 1 aromatic rings. The van der Waals surface area contributed by atoms with E-state index in [2.05, 4.69) is 5.32 Å². The molecule has 0 bridgehead atoms. The van der Waals surface area contributed by atoms with Gasteiger partial charge in [-0.25, -0.2) is 0 Å². The van der Waals surface area contributed by atoms with Crippen molar-refractivity contribution in [3.8, 4) is 0 Å². The number of carbonyl (C=O) groups is 1. The standard InChI is InChI=1S/C12H20N2O2/c1-5-13-12(2,3)11(15)14(4)8-10-6-7-16-9-10/h6-7,9,13H,5,8H2,1-4H3. The highest BCUT2D eigenvalue weighted by Gasteiger charge is 2.29. The molecule has 1 amide bonds. The van der Waals surface area contributed by atoms with E-state index in [-0.39, 0.29) is 5.91 Å². The van der Waals surface area contributed by atoms with E-state index >= 15 is 0 Å². The van der Waals surface area contributed by atoms with Crippen molar-refractivity contribution in [2.24, 2.45) is 0 Å². The average molecular weight is 224 g/mol. The zero-order valence-electron chi connectivity index (χ0n) is 10.4. The molecule has 0 fully saturated rings. The number of rotatable bonds is 5. The van der Waals surface area contributed by atoms with Crippen molar-refractivity contribution >= 4 is 5.91 Å². The third-order valence-corrected chi connectivity index (χ3v) is 2.50. The molecule has 1 N–H and O–H groups in total. The lowest BCUT2D eigenvalue weighted by molar-refractivity contribution is -0.136. The monoisotopic (exact) mass is 224 g/mol. The molecule has 0 saturated heterocycles. The molecule has 0 unspecified atom stereocenters. The predicted octanol–water partition coefficient (Wildman–Crippen LogP) is 1.63. The third kappa shape index (κ3) is 3.10. The maximum Gasteiger partial charge on any atom is 0.242 e. The molecule has 0 aromatic carbocycles. The lowest BCUT2D eigenvalue weighted by Gasteiger charge is -2.29. The van der Waals surface area contributed by atoms with Crippen LogP contribution in [-0.2, 0) is 11.3 Å². The summed E-state index contributed by atoms with van der Waals surface area (Å²) < 4.78 is 4.97. The Morgan fingerprint density at radius 2 is 2.25 bits per heavy atom. The molecule has 1 rings (SSSR count). The molecule has 0 radical (unpaired) electrons. The molecular weight excluding hydrogens is 204 g/mol. The Balaban J connectivity index is 2.60. The van der Waals surface area contributed by atoms with Gasteiger partial charge in [-0.1, -0.05) is 6.92 Å². The fourth-order valence-electron chi connectivity index (χ4n) is 1.72. The Morgan fingerprint density at radius 3 is 2.75 bits per heavy atom. The van der Waals surface area contributed by atoms with Gasteiger partial charge in [0.2, 0.25) is 5.91 Å². The van der Waals surface area contributed by atoms with E-state index < -0.39 is 5.54 Å². The Hall–Kier alpha value is -1.29. The summed E-state index contributed by atoms with van der Waals surface area (Å²) in [4.78, 5) is 13.8. The molecule has 0 aliphatic rings. The van der Waals surface area contributed by atoms with Crippen molar-refractivity contribution in [3.63, 3.8) is 0 Å². The van der Waals surface area contributed by atoms with E-state index in [0.717, 1.165) is 12.1 Å². The van der Waals surface area contributed by atoms with Gasteiger partial charge < -0.3 is 14.6 Å². The first-order chi connectivity index (χ1) is 7.47. The van der Waals surface area contributed by atoms with Gasteiger partial charge >= 0.3 is 0 Å². The normalized spacial score (nSPS) is 11.5. The summed E-state index contributed by atoms with van der Waals surface area (Å²) >= 11 is 0. The zero-order valence-corrected chi connectivity index (χ0v) is 10.4. The minimum absolute atomic E-state index is 0.0792. The summed E-state index contributed by atoms with van der Waals surface area (Å²) in [7, 11) is 1.80. The van der Waals surface area contributed by atoms with Crippen molar-refractivity contribution in [1.82, 2.24) is 10.2 Å². The van der Waals surface area contributed by atoms with Crippen LogP contribution in [0.2, 0.25) is 0 Å². The van der Waals surface area contributed by atoms with Crippen molar-refractivity contribution in [1.29, 1.82) is 0 Å². The van der Waals surface area contributed by atoms with Gasteiger partial charge in [-0.15, -0.1) is 0 Å². The van der Waals surface area contributed by atoms with Crippen LogP contribution >= 0.6 is 0 Å². The van der Waals surface area contributed by atoms with E-state index in [0.29, 0.717) is 6.54 Å². The number of nitrogens with one attached hydrogen (secondary N) is 1. The second-order valence-electron chi connectivity index (χ2n) is 4.45. The number of hydrogen-bond donors (Lipinski definition) is 1. The summed E-state index contributed by atoms with van der Waals surface area (Å²) in [5.74, 6) is 0.0792. The largest absolute Gasteiger partial charge is 0.472 e. The second kappa shape index (κ2) is 5.16. The van der Waals surface area contributed by atoms with E-state index in [1.807, 2.05) is 26.8 Å². The molecular formula is C12H20N2O2. The first-order valence-electron chi connectivity index (χ1n) is 5.49. The zero-order chi connectivity index (χ0) is 12.2. The average Bonchev–Trinajstić information content (AvgIpc) is 2.69. The van der Waals surface area contributed by atoms with Crippen LogP contribution < -0.4 is 5.32 Å². The van der Waals surface area contributed by atoms with Crippen LogP contribution in [0.4, 0.5) is 0 Å². The Labute approximate surface area is 96.6 Å². The van der Waals surface area contributed by atoms with Crippen LogP contribution in [0.1, 0.15) is 26.3 Å². The Kier molecular flexibility index (Phi) is 4.12. The highest BCUT2D eigenvalue weighted by Crippen LogP contribution is 2.10. The van der Waals surface area contributed by atoms with Crippen LogP contribution in [-0.4, -0.2) is 29.9 Å². The molecule has 4 heteroatoms. The van der Waals surface area contributed by atoms with Crippen LogP contribution in [0.15, 0.2) is 23.0 Å². The van der Waals surface area contributed by atoms with E-state index in [1.54, 1.807) is 24.5 Å². The number of likely N-dealkylation sites (N-methyl/N-ethyl adjacent to an activating group) is 2. The predicted molar refractivity (Wildman–Crippen MR) is 62.9 cm³/mol. The van der Waals surface area contributed by atoms with Crippen molar-refractivity contribution < 1.29 is 9.21 Å². The van der Waals surface area contributed by atoms with E-state index in [4.69, 9.17) is 4.42 Å². The van der Waals surface area contributed by atoms with Crippen LogP contribution in [0.25, 0.3) is 0 Å². The third-order valence-electron chi connectivity index (χ3n) is 2.50. The van der Waals surface area contributed by atoms with Gasteiger partial charge in [0, 0.05) is 19.2 Å². The summed E-state index contributed by atoms with van der Waals surface area (Å²) in [6.45, 7) is 7.13. The first kappa shape index (κ1) is 12.8. The first-order valence-corrected chi connectivity index (χ1v) is 5.49. The van der Waals surface area contributed by atoms with E-state index in [9.17, 15) is 4.79 Å². The van der Waals surface area contributed by atoms with Gasteiger partial charge in [0.15, 0.2) is 0 Å². The lowest BCUT2D eigenvalue weighted by Crippen LogP contribution is -2.52. The topological polar surface area (TPSA) is 45.5 Å². The molecule has 4 nitrogen and oxygen atoms in total. The Morgan fingerprint density at radius 1 is 1.56 bits per heavy atom.